The van der Waals surface area contributed by atoms with E-state index in [1.807, 2.05) is 6.92 Å². The van der Waals surface area contributed by atoms with E-state index in [9.17, 15) is 4.79 Å². The topological polar surface area (TPSA) is 52.2 Å². The molecular formula is C14H22N4O. The van der Waals surface area contributed by atoms with Gasteiger partial charge in [0, 0.05) is 38.2 Å². The summed E-state index contributed by atoms with van der Waals surface area (Å²) in [4.78, 5) is 24.0. The van der Waals surface area contributed by atoms with Crippen molar-refractivity contribution in [2.45, 2.75) is 38.6 Å². The molecule has 2 fully saturated rings. The van der Waals surface area contributed by atoms with E-state index >= 15 is 0 Å². The predicted molar refractivity (Wildman–Crippen MR) is 75.7 cm³/mol. The van der Waals surface area contributed by atoms with Gasteiger partial charge >= 0.3 is 0 Å². The number of aryl methyl sites for hydroxylation is 1. The number of rotatable bonds is 2. The molecule has 3 rings (SSSR count). The highest BCUT2D eigenvalue weighted by Gasteiger charge is 2.29. The fourth-order valence-corrected chi connectivity index (χ4v) is 3.24. The third-order valence-electron chi connectivity index (χ3n) is 4.24. The second kappa shape index (κ2) is 5.33. The monoisotopic (exact) mass is 262 g/mol. The molecule has 1 atom stereocenters. The van der Waals surface area contributed by atoms with Crippen LogP contribution in [-0.2, 0) is 6.42 Å². The van der Waals surface area contributed by atoms with Crippen LogP contribution in [0.15, 0.2) is 10.9 Å². The Morgan fingerprint density at radius 3 is 3.05 bits per heavy atom. The molecule has 19 heavy (non-hydrogen) atoms. The Bertz CT molecular complexity index is 498. The Hall–Kier alpha value is -1.36. The minimum Gasteiger partial charge on any atom is -0.355 e. The van der Waals surface area contributed by atoms with Gasteiger partial charge in [-0.25, -0.2) is 4.98 Å². The van der Waals surface area contributed by atoms with E-state index in [-0.39, 0.29) is 5.56 Å². The third-order valence-corrected chi connectivity index (χ3v) is 4.24. The number of anilines is 1. The van der Waals surface area contributed by atoms with Gasteiger partial charge in [0.2, 0.25) is 0 Å². The van der Waals surface area contributed by atoms with Crippen molar-refractivity contribution in [3.8, 4) is 0 Å². The zero-order valence-electron chi connectivity index (χ0n) is 11.6. The predicted octanol–water partition coefficient (Wildman–Crippen LogP) is 1.01. The molecule has 2 aliphatic heterocycles. The summed E-state index contributed by atoms with van der Waals surface area (Å²) in [6.07, 6.45) is 4.51. The molecule has 1 aromatic rings. The van der Waals surface area contributed by atoms with E-state index in [2.05, 4.69) is 19.8 Å². The van der Waals surface area contributed by atoms with Crippen LogP contribution in [0, 0.1) is 0 Å². The van der Waals surface area contributed by atoms with Gasteiger partial charge in [-0.3, -0.25) is 9.69 Å². The second-order valence-corrected chi connectivity index (χ2v) is 5.54. The lowest BCUT2D eigenvalue weighted by atomic mass is 10.2. The first-order chi connectivity index (χ1) is 9.26. The molecular weight excluding hydrogens is 240 g/mol. The number of nitrogens with zero attached hydrogens (tertiary/aromatic N) is 3. The summed E-state index contributed by atoms with van der Waals surface area (Å²) in [7, 11) is 0. The molecule has 3 heterocycles. The van der Waals surface area contributed by atoms with Crippen molar-refractivity contribution in [3.05, 3.63) is 22.2 Å². The lowest BCUT2D eigenvalue weighted by Crippen LogP contribution is -2.37. The van der Waals surface area contributed by atoms with Crippen molar-refractivity contribution >= 4 is 5.82 Å². The number of H-pyrrole nitrogens is 1. The average Bonchev–Trinajstić information content (AvgIpc) is 2.75. The molecule has 0 bridgehead atoms. The van der Waals surface area contributed by atoms with Crippen molar-refractivity contribution < 1.29 is 0 Å². The van der Waals surface area contributed by atoms with Crippen LogP contribution in [0.4, 0.5) is 5.82 Å². The molecule has 0 aromatic carbocycles. The molecule has 0 amide bonds. The Labute approximate surface area is 113 Å². The van der Waals surface area contributed by atoms with E-state index in [0.717, 1.165) is 37.6 Å². The molecule has 0 saturated carbocycles. The first-order valence-electron chi connectivity index (χ1n) is 7.35. The largest absolute Gasteiger partial charge is 0.355 e. The van der Waals surface area contributed by atoms with Gasteiger partial charge in [-0.1, -0.05) is 6.92 Å². The molecule has 5 heteroatoms. The highest BCUT2D eigenvalue weighted by molar-refractivity contribution is 5.38. The summed E-state index contributed by atoms with van der Waals surface area (Å²) < 4.78 is 0. The van der Waals surface area contributed by atoms with Crippen molar-refractivity contribution in [2.75, 3.05) is 31.1 Å². The maximum Gasteiger partial charge on any atom is 0.252 e. The average molecular weight is 262 g/mol. The zero-order chi connectivity index (χ0) is 13.2. The molecule has 0 radical (unpaired) electrons. The van der Waals surface area contributed by atoms with Crippen LogP contribution >= 0.6 is 0 Å². The van der Waals surface area contributed by atoms with Gasteiger partial charge in [0.1, 0.15) is 11.6 Å². The zero-order valence-corrected chi connectivity index (χ0v) is 11.6. The van der Waals surface area contributed by atoms with E-state index in [1.54, 1.807) is 6.07 Å². The van der Waals surface area contributed by atoms with Gasteiger partial charge in [0.25, 0.3) is 5.56 Å². The first-order valence-corrected chi connectivity index (χ1v) is 7.35. The summed E-state index contributed by atoms with van der Waals surface area (Å²) in [5.74, 6) is 1.64. The van der Waals surface area contributed by atoms with Crippen LogP contribution in [0.1, 0.15) is 32.0 Å². The van der Waals surface area contributed by atoms with E-state index in [0.29, 0.717) is 6.04 Å². The number of fused-ring (bicyclic) bond motifs is 1. The molecule has 2 aliphatic rings. The van der Waals surface area contributed by atoms with E-state index in [1.165, 1.54) is 25.9 Å². The Balaban J connectivity index is 1.84. The lowest BCUT2D eigenvalue weighted by molar-refractivity contribution is 0.273. The van der Waals surface area contributed by atoms with Gasteiger partial charge < -0.3 is 9.88 Å². The summed E-state index contributed by atoms with van der Waals surface area (Å²) in [5.41, 5.74) is -0.0330. The fourth-order valence-electron chi connectivity index (χ4n) is 3.24. The summed E-state index contributed by atoms with van der Waals surface area (Å²) in [5, 5.41) is 0. The molecule has 104 valence electrons. The van der Waals surface area contributed by atoms with Crippen LogP contribution in [0.5, 0.6) is 0 Å². The van der Waals surface area contributed by atoms with Crippen LogP contribution in [0.3, 0.4) is 0 Å². The molecule has 0 spiro atoms. The highest BCUT2D eigenvalue weighted by atomic mass is 16.1. The van der Waals surface area contributed by atoms with E-state index in [4.69, 9.17) is 0 Å². The van der Waals surface area contributed by atoms with Gasteiger partial charge in [-0.05, 0) is 25.8 Å². The van der Waals surface area contributed by atoms with Crippen molar-refractivity contribution in [1.82, 2.24) is 14.9 Å². The maximum atomic E-state index is 11.7. The van der Waals surface area contributed by atoms with Gasteiger partial charge in [0.05, 0.1) is 0 Å². The van der Waals surface area contributed by atoms with Crippen LogP contribution in [0.2, 0.25) is 0 Å². The Kier molecular flexibility index (Phi) is 3.55. The molecule has 1 unspecified atom stereocenters. The van der Waals surface area contributed by atoms with E-state index < -0.39 is 0 Å². The standard InChI is InChI=1S/C14H22N4O/c1-2-12-15-13(9-14(19)16-12)18-8-4-7-17-6-3-5-11(17)10-18/h9,11H,2-8,10H2,1H3,(H,15,16,19). The minimum absolute atomic E-state index is 0.0330. The summed E-state index contributed by atoms with van der Waals surface area (Å²) in [6.45, 7) is 6.46. The van der Waals surface area contributed by atoms with Gasteiger partial charge in [-0.15, -0.1) is 0 Å². The maximum absolute atomic E-state index is 11.7. The minimum atomic E-state index is -0.0330. The third kappa shape index (κ3) is 2.66. The Morgan fingerprint density at radius 2 is 2.21 bits per heavy atom. The number of hydrogen-bond acceptors (Lipinski definition) is 4. The number of nitrogens with one attached hydrogen (secondary N) is 1. The van der Waals surface area contributed by atoms with Crippen LogP contribution in [-0.4, -0.2) is 47.1 Å². The SMILES string of the molecule is CCc1nc(N2CCCN3CCCC3C2)cc(=O)[nH]1. The lowest BCUT2D eigenvalue weighted by Gasteiger charge is -2.26. The highest BCUT2D eigenvalue weighted by Crippen LogP contribution is 2.23. The van der Waals surface area contributed by atoms with Crippen LogP contribution < -0.4 is 10.5 Å². The molecule has 0 aliphatic carbocycles. The molecule has 1 N–H and O–H groups in total. The first kappa shape index (κ1) is 12.7. The quantitative estimate of drug-likeness (QED) is 0.864. The van der Waals surface area contributed by atoms with Gasteiger partial charge in [0.15, 0.2) is 0 Å². The Morgan fingerprint density at radius 1 is 1.37 bits per heavy atom. The number of hydrogen-bond donors (Lipinski definition) is 1. The summed E-state index contributed by atoms with van der Waals surface area (Å²) >= 11 is 0. The fraction of sp³-hybridized carbons (Fsp3) is 0.714. The number of aromatic nitrogens is 2. The second-order valence-electron chi connectivity index (χ2n) is 5.54. The van der Waals surface area contributed by atoms with Gasteiger partial charge in [-0.2, -0.15) is 0 Å². The normalized spacial score (nSPS) is 24.3. The van der Waals surface area contributed by atoms with Crippen molar-refractivity contribution in [2.24, 2.45) is 0 Å². The smallest absolute Gasteiger partial charge is 0.252 e. The number of aromatic amines is 1. The van der Waals surface area contributed by atoms with Crippen molar-refractivity contribution in [3.63, 3.8) is 0 Å². The van der Waals surface area contributed by atoms with Crippen molar-refractivity contribution in [1.29, 1.82) is 0 Å². The summed E-state index contributed by atoms with van der Waals surface area (Å²) in [6, 6.07) is 2.29. The molecule has 1 aromatic heterocycles. The molecule has 5 nitrogen and oxygen atoms in total. The van der Waals surface area contributed by atoms with Crippen LogP contribution in [0.25, 0.3) is 0 Å². The molecule has 2 saturated heterocycles.